The Bertz CT molecular complexity index is 1030. The molecule has 2 aromatic carbocycles. The zero-order valence-electron chi connectivity index (χ0n) is 14.7. The molecule has 0 bridgehead atoms. The second-order valence-electron chi connectivity index (χ2n) is 6.07. The van der Waals surface area contributed by atoms with E-state index < -0.39 is 0 Å². The van der Waals surface area contributed by atoms with E-state index in [2.05, 4.69) is 18.2 Å². The molecular weight excluding hydrogens is 324 g/mol. The Labute approximate surface area is 152 Å². The maximum atomic E-state index is 9.89. The molecule has 1 aliphatic carbocycles. The summed E-state index contributed by atoms with van der Waals surface area (Å²) in [6.07, 6.45) is 0.743. The van der Waals surface area contributed by atoms with Gasteiger partial charge in [-0.25, -0.2) is 4.98 Å². The van der Waals surface area contributed by atoms with Crippen molar-refractivity contribution >= 4 is 0 Å². The molecule has 0 radical (unpaired) electrons. The molecule has 3 aromatic rings. The maximum absolute atomic E-state index is 9.89. The van der Waals surface area contributed by atoms with Crippen LogP contribution in [0.2, 0.25) is 0 Å². The number of para-hydroxylation sites is 1. The Kier molecular flexibility index (Phi) is 4.06. The van der Waals surface area contributed by atoms with Gasteiger partial charge in [0.1, 0.15) is 17.4 Å². The van der Waals surface area contributed by atoms with Crippen LogP contribution in [0.4, 0.5) is 0 Å². The van der Waals surface area contributed by atoms with E-state index in [9.17, 15) is 5.26 Å². The van der Waals surface area contributed by atoms with Crippen molar-refractivity contribution < 1.29 is 9.47 Å². The Hall–Kier alpha value is -3.32. The van der Waals surface area contributed by atoms with E-state index in [0.717, 1.165) is 40.1 Å². The molecule has 4 heteroatoms. The summed E-state index contributed by atoms with van der Waals surface area (Å²) in [6.45, 7) is 2.35. The topological polar surface area (TPSA) is 55.1 Å². The average molecular weight is 342 g/mol. The minimum absolute atomic E-state index is 0.381. The molecular formula is C22H18N2O2. The van der Waals surface area contributed by atoms with Gasteiger partial charge in [0.15, 0.2) is 0 Å². The second-order valence-corrected chi connectivity index (χ2v) is 6.07. The molecule has 1 aromatic heterocycles. The Morgan fingerprint density at radius 1 is 1.08 bits per heavy atom. The van der Waals surface area contributed by atoms with Crippen LogP contribution in [0.5, 0.6) is 11.6 Å². The lowest BCUT2D eigenvalue weighted by Gasteiger charge is -2.16. The van der Waals surface area contributed by atoms with Gasteiger partial charge in [-0.1, -0.05) is 42.5 Å². The average Bonchev–Trinajstić information content (AvgIpc) is 3.05. The van der Waals surface area contributed by atoms with Gasteiger partial charge in [0, 0.05) is 23.1 Å². The first-order valence-corrected chi connectivity index (χ1v) is 8.59. The SMILES string of the molecule is CCOc1nc2c(c(-c3ccccc3OC)c1C#N)Cc1ccccc1-2. The fraction of sp³-hybridized carbons (Fsp3) is 0.182. The molecule has 0 saturated carbocycles. The van der Waals surface area contributed by atoms with Crippen LogP contribution in [0.1, 0.15) is 23.6 Å². The normalized spacial score (nSPS) is 11.4. The number of nitriles is 1. The molecule has 0 spiro atoms. The molecule has 1 heterocycles. The third-order valence-electron chi connectivity index (χ3n) is 4.67. The van der Waals surface area contributed by atoms with Crippen molar-refractivity contribution in [3.63, 3.8) is 0 Å². The maximum Gasteiger partial charge on any atom is 0.232 e. The number of nitrogens with zero attached hydrogens (tertiary/aromatic N) is 2. The molecule has 26 heavy (non-hydrogen) atoms. The smallest absolute Gasteiger partial charge is 0.232 e. The Morgan fingerprint density at radius 2 is 1.81 bits per heavy atom. The van der Waals surface area contributed by atoms with Crippen LogP contribution in [-0.4, -0.2) is 18.7 Å². The third-order valence-corrected chi connectivity index (χ3v) is 4.67. The number of rotatable bonds is 4. The zero-order valence-corrected chi connectivity index (χ0v) is 14.7. The van der Waals surface area contributed by atoms with Crippen LogP contribution in [0.3, 0.4) is 0 Å². The van der Waals surface area contributed by atoms with Crippen LogP contribution < -0.4 is 9.47 Å². The number of methoxy groups -OCH3 is 1. The quantitative estimate of drug-likeness (QED) is 0.544. The minimum Gasteiger partial charge on any atom is -0.496 e. The van der Waals surface area contributed by atoms with Gasteiger partial charge < -0.3 is 9.47 Å². The lowest BCUT2D eigenvalue weighted by molar-refractivity contribution is 0.326. The van der Waals surface area contributed by atoms with Crippen LogP contribution in [0.25, 0.3) is 22.4 Å². The van der Waals surface area contributed by atoms with E-state index in [0.29, 0.717) is 18.1 Å². The second kappa shape index (κ2) is 6.53. The van der Waals surface area contributed by atoms with E-state index in [-0.39, 0.29) is 0 Å². The standard InChI is InChI=1S/C22H18N2O2/c1-3-26-22-18(13-23)20(16-10-6-7-11-19(16)25-2)17-12-14-8-4-5-9-15(14)21(17)24-22/h4-11H,3,12H2,1-2H3. The van der Waals surface area contributed by atoms with Gasteiger partial charge in [-0.3, -0.25) is 0 Å². The van der Waals surface area contributed by atoms with Gasteiger partial charge in [-0.15, -0.1) is 0 Å². The van der Waals surface area contributed by atoms with Crippen molar-refractivity contribution in [2.24, 2.45) is 0 Å². The predicted octanol–water partition coefficient (Wildman–Crippen LogP) is 4.60. The molecule has 0 saturated heterocycles. The first-order valence-electron chi connectivity index (χ1n) is 8.59. The fourth-order valence-corrected chi connectivity index (χ4v) is 3.59. The molecule has 4 rings (SSSR count). The van der Waals surface area contributed by atoms with E-state index in [1.807, 2.05) is 43.3 Å². The summed E-state index contributed by atoms with van der Waals surface area (Å²) in [6, 6.07) is 18.3. The number of hydrogen-bond acceptors (Lipinski definition) is 4. The van der Waals surface area contributed by atoms with Gasteiger partial charge in [-0.2, -0.15) is 5.26 Å². The molecule has 0 atom stereocenters. The van der Waals surface area contributed by atoms with Crippen molar-refractivity contribution in [2.45, 2.75) is 13.3 Å². The summed E-state index contributed by atoms with van der Waals surface area (Å²) in [5.74, 6) is 1.11. The summed E-state index contributed by atoms with van der Waals surface area (Å²) >= 11 is 0. The summed E-state index contributed by atoms with van der Waals surface area (Å²) in [5.41, 5.74) is 6.46. The van der Waals surface area contributed by atoms with Crippen LogP contribution in [0.15, 0.2) is 48.5 Å². The van der Waals surface area contributed by atoms with Crippen LogP contribution in [-0.2, 0) is 6.42 Å². The molecule has 4 nitrogen and oxygen atoms in total. The van der Waals surface area contributed by atoms with Crippen molar-refractivity contribution in [3.05, 3.63) is 65.2 Å². The van der Waals surface area contributed by atoms with Crippen molar-refractivity contribution in [3.8, 4) is 40.1 Å². The highest BCUT2D eigenvalue weighted by Gasteiger charge is 2.29. The number of aromatic nitrogens is 1. The first-order chi connectivity index (χ1) is 12.8. The molecule has 1 aliphatic rings. The summed E-state index contributed by atoms with van der Waals surface area (Å²) in [4.78, 5) is 4.71. The molecule has 0 fully saturated rings. The monoisotopic (exact) mass is 342 g/mol. The van der Waals surface area contributed by atoms with Gasteiger partial charge in [-0.05, 0) is 24.1 Å². The first kappa shape index (κ1) is 16.2. The van der Waals surface area contributed by atoms with Gasteiger partial charge in [0.05, 0.1) is 19.4 Å². The zero-order chi connectivity index (χ0) is 18.1. The summed E-state index contributed by atoms with van der Waals surface area (Å²) < 4.78 is 11.3. The Morgan fingerprint density at radius 3 is 2.54 bits per heavy atom. The highest BCUT2D eigenvalue weighted by atomic mass is 16.5. The Balaban J connectivity index is 2.08. The lowest BCUT2D eigenvalue weighted by atomic mass is 9.93. The molecule has 0 N–H and O–H groups in total. The van der Waals surface area contributed by atoms with Gasteiger partial charge in [0.25, 0.3) is 0 Å². The van der Waals surface area contributed by atoms with Crippen molar-refractivity contribution in [2.75, 3.05) is 13.7 Å². The molecule has 0 amide bonds. The van der Waals surface area contributed by atoms with Crippen LogP contribution in [0, 0.1) is 11.3 Å². The fourth-order valence-electron chi connectivity index (χ4n) is 3.59. The molecule has 0 unspecified atom stereocenters. The summed E-state index contributed by atoms with van der Waals surface area (Å²) in [7, 11) is 1.64. The van der Waals surface area contributed by atoms with Gasteiger partial charge in [0.2, 0.25) is 5.88 Å². The van der Waals surface area contributed by atoms with Gasteiger partial charge >= 0.3 is 0 Å². The van der Waals surface area contributed by atoms with Crippen molar-refractivity contribution in [1.29, 1.82) is 5.26 Å². The predicted molar refractivity (Wildman–Crippen MR) is 100 cm³/mol. The van der Waals surface area contributed by atoms with E-state index >= 15 is 0 Å². The number of ether oxygens (including phenoxy) is 2. The van der Waals surface area contributed by atoms with E-state index in [1.54, 1.807) is 7.11 Å². The number of fused-ring (bicyclic) bond motifs is 3. The van der Waals surface area contributed by atoms with Crippen LogP contribution >= 0.6 is 0 Å². The number of benzene rings is 2. The summed E-state index contributed by atoms with van der Waals surface area (Å²) in [5, 5.41) is 9.89. The highest BCUT2D eigenvalue weighted by Crippen LogP contribution is 2.46. The number of pyridine rings is 1. The highest BCUT2D eigenvalue weighted by molar-refractivity contribution is 5.88. The lowest BCUT2D eigenvalue weighted by Crippen LogP contribution is -2.04. The third kappa shape index (κ3) is 2.41. The largest absolute Gasteiger partial charge is 0.496 e. The van der Waals surface area contributed by atoms with Crippen molar-refractivity contribution in [1.82, 2.24) is 4.98 Å². The molecule has 0 aliphatic heterocycles. The number of hydrogen-bond donors (Lipinski definition) is 0. The van der Waals surface area contributed by atoms with E-state index in [4.69, 9.17) is 14.5 Å². The van der Waals surface area contributed by atoms with E-state index in [1.165, 1.54) is 5.56 Å². The minimum atomic E-state index is 0.381. The molecule has 128 valence electrons.